The number of aromatic amines is 1. The summed E-state index contributed by atoms with van der Waals surface area (Å²) in [4.78, 5) is 25.4. The molecular formula is C15H13ClN4O. The summed E-state index contributed by atoms with van der Waals surface area (Å²) in [5.41, 5.74) is 0.532. The van der Waals surface area contributed by atoms with Gasteiger partial charge in [-0.2, -0.15) is 0 Å². The molecule has 0 atom stereocenters. The van der Waals surface area contributed by atoms with Crippen molar-refractivity contribution in [3.63, 3.8) is 0 Å². The Labute approximate surface area is 126 Å². The van der Waals surface area contributed by atoms with E-state index < -0.39 is 0 Å². The van der Waals surface area contributed by atoms with Crippen molar-refractivity contribution in [3.05, 3.63) is 59.4 Å². The van der Waals surface area contributed by atoms with E-state index in [1.807, 2.05) is 24.3 Å². The Hall–Kier alpha value is -2.40. The first-order chi connectivity index (χ1) is 10.2. The fourth-order valence-corrected chi connectivity index (χ4v) is 2.43. The number of carbonyl (C=O) groups is 1. The zero-order valence-corrected chi connectivity index (χ0v) is 12.1. The van der Waals surface area contributed by atoms with Crippen molar-refractivity contribution in [2.24, 2.45) is 0 Å². The first-order valence-electron chi connectivity index (χ1n) is 6.44. The van der Waals surface area contributed by atoms with E-state index >= 15 is 0 Å². The summed E-state index contributed by atoms with van der Waals surface area (Å²) in [5.74, 6) is 0.615. The van der Waals surface area contributed by atoms with E-state index in [9.17, 15) is 4.79 Å². The lowest BCUT2D eigenvalue weighted by Gasteiger charge is -2.17. The normalized spacial score (nSPS) is 10.8. The van der Waals surface area contributed by atoms with E-state index in [1.54, 1.807) is 24.3 Å². The summed E-state index contributed by atoms with van der Waals surface area (Å²) in [5, 5.41) is 1.97. The van der Waals surface area contributed by atoms with Gasteiger partial charge in [-0.3, -0.25) is 4.79 Å². The van der Waals surface area contributed by atoms with Gasteiger partial charge >= 0.3 is 0 Å². The Morgan fingerprint density at radius 3 is 2.76 bits per heavy atom. The van der Waals surface area contributed by atoms with Crippen LogP contribution in [0.4, 0.5) is 0 Å². The summed E-state index contributed by atoms with van der Waals surface area (Å²) >= 11 is 6.08. The monoisotopic (exact) mass is 300 g/mol. The smallest absolute Gasteiger partial charge is 0.256 e. The first-order valence-corrected chi connectivity index (χ1v) is 6.81. The molecule has 0 aliphatic carbocycles. The van der Waals surface area contributed by atoms with Crippen LogP contribution >= 0.6 is 11.6 Å². The summed E-state index contributed by atoms with van der Waals surface area (Å²) < 4.78 is 0. The van der Waals surface area contributed by atoms with Crippen LogP contribution in [0.15, 0.2) is 42.9 Å². The van der Waals surface area contributed by atoms with Crippen molar-refractivity contribution in [1.29, 1.82) is 0 Å². The SMILES string of the molecule is CN(Cc1ncc[nH]1)C(=O)c1cnc(Cl)c2ccccc12. The van der Waals surface area contributed by atoms with Gasteiger partial charge in [0.2, 0.25) is 0 Å². The maximum Gasteiger partial charge on any atom is 0.256 e. The average Bonchev–Trinajstić information content (AvgIpc) is 3.00. The van der Waals surface area contributed by atoms with Gasteiger partial charge in [0, 0.05) is 31.0 Å². The maximum atomic E-state index is 12.6. The molecule has 2 heterocycles. The second-order valence-corrected chi connectivity index (χ2v) is 5.06. The Bertz CT molecular complexity index is 785. The number of aromatic nitrogens is 3. The van der Waals surface area contributed by atoms with Crippen LogP contribution < -0.4 is 0 Å². The Kier molecular flexibility index (Phi) is 3.58. The molecule has 0 aliphatic heterocycles. The van der Waals surface area contributed by atoms with E-state index in [4.69, 9.17) is 11.6 Å². The van der Waals surface area contributed by atoms with Crippen LogP contribution in [0, 0.1) is 0 Å². The van der Waals surface area contributed by atoms with Crippen molar-refractivity contribution in [2.45, 2.75) is 6.54 Å². The molecule has 2 aromatic heterocycles. The molecule has 21 heavy (non-hydrogen) atoms. The molecule has 3 rings (SSSR count). The van der Waals surface area contributed by atoms with Gasteiger partial charge < -0.3 is 9.88 Å². The van der Waals surface area contributed by atoms with E-state index in [1.165, 1.54) is 6.20 Å². The second kappa shape index (κ2) is 5.54. The van der Waals surface area contributed by atoms with Gasteiger partial charge in [0.15, 0.2) is 0 Å². The predicted octanol–water partition coefficient (Wildman–Crippen LogP) is 2.88. The Morgan fingerprint density at radius 2 is 2.05 bits per heavy atom. The summed E-state index contributed by atoms with van der Waals surface area (Å²) in [6.45, 7) is 0.406. The van der Waals surface area contributed by atoms with Crippen LogP contribution in [0.5, 0.6) is 0 Å². The molecular weight excluding hydrogens is 288 g/mol. The minimum Gasteiger partial charge on any atom is -0.347 e. The number of nitrogens with zero attached hydrogens (tertiary/aromatic N) is 3. The zero-order chi connectivity index (χ0) is 14.8. The fraction of sp³-hybridized carbons (Fsp3) is 0.133. The number of H-pyrrole nitrogens is 1. The molecule has 0 aliphatic rings. The van der Waals surface area contributed by atoms with Gasteiger partial charge in [0.05, 0.1) is 12.1 Å². The third-order valence-electron chi connectivity index (χ3n) is 3.27. The minimum atomic E-state index is -0.119. The van der Waals surface area contributed by atoms with Crippen LogP contribution in [0.25, 0.3) is 10.8 Å². The molecule has 0 saturated heterocycles. The highest BCUT2D eigenvalue weighted by Gasteiger charge is 2.17. The number of rotatable bonds is 3. The number of nitrogens with one attached hydrogen (secondary N) is 1. The van der Waals surface area contributed by atoms with E-state index in [-0.39, 0.29) is 5.91 Å². The molecule has 5 nitrogen and oxygen atoms in total. The van der Waals surface area contributed by atoms with Gasteiger partial charge in [-0.15, -0.1) is 0 Å². The molecule has 1 amide bonds. The fourth-order valence-electron chi connectivity index (χ4n) is 2.22. The molecule has 0 bridgehead atoms. The van der Waals surface area contributed by atoms with Crippen molar-refractivity contribution < 1.29 is 4.79 Å². The Morgan fingerprint density at radius 1 is 1.29 bits per heavy atom. The second-order valence-electron chi connectivity index (χ2n) is 4.71. The van der Waals surface area contributed by atoms with Crippen molar-refractivity contribution in [1.82, 2.24) is 19.9 Å². The highest BCUT2D eigenvalue weighted by molar-refractivity contribution is 6.34. The number of carbonyl (C=O) groups excluding carboxylic acids is 1. The van der Waals surface area contributed by atoms with Gasteiger partial charge in [0.1, 0.15) is 11.0 Å². The van der Waals surface area contributed by atoms with Crippen LogP contribution in [-0.4, -0.2) is 32.8 Å². The van der Waals surface area contributed by atoms with Crippen molar-refractivity contribution >= 4 is 28.3 Å². The van der Waals surface area contributed by atoms with E-state index in [0.717, 1.165) is 16.6 Å². The predicted molar refractivity (Wildman–Crippen MR) is 81.1 cm³/mol. The lowest BCUT2D eigenvalue weighted by Crippen LogP contribution is -2.27. The van der Waals surface area contributed by atoms with E-state index in [2.05, 4.69) is 15.0 Å². The minimum absolute atomic E-state index is 0.119. The van der Waals surface area contributed by atoms with Crippen molar-refractivity contribution in [3.8, 4) is 0 Å². The number of hydrogen-bond donors (Lipinski definition) is 1. The lowest BCUT2D eigenvalue weighted by molar-refractivity contribution is 0.0783. The molecule has 0 radical (unpaired) electrons. The molecule has 0 unspecified atom stereocenters. The molecule has 3 aromatic rings. The number of amides is 1. The molecule has 0 fully saturated rings. The lowest BCUT2D eigenvalue weighted by atomic mass is 10.1. The van der Waals surface area contributed by atoms with Crippen LogP contribution in [-0.2, 0) is 6.54 Å². The number of hydrogen-bond acceptors (Lipinski definition) is 3. The van der Waals surface area contributed by atoms with Gasteiger partial charge in [-0.1, -0.05) is 35.9 Å². The summed E-state index contributed by atoms with van der Waals surface area (Å²) in [6.07, 6.45) is 4.91. The van der Waals surface area contributed by atoms with Gasteiger partial charge in [0.25, 0.3) is 5.91 Å². The number of fused-ring (bicyclic) bond motifs is 1. The van der Waals surface area contributed by atoms with Crippen LogP contribution in [0.3, 0.4) is 0 Å². The molecule has 0 spiro atoms. The first kappa shape index (κ1) is 13.6. The number of imidazole rings is 1. The molecule has 6 heteroatoms. The highest BCUT2D eigenvalue weighted by Crippen LogP contribution is 2.25. The van der Waals surface area contributed by atoms with Crippen LogP contribution in [0.1, 0.15) is 16.2 Å². The zero-order valence-electron chi connectivity index (χ0n) is 11.4. The third kappa shape index (κ3) is 2.60. The van der Waals surface area contributed by atoms with E-state index in [0.29, 0.717) is 17.3 Å². The topological polar surface area (TPSA) is 61.9 Å². The Balaban J connectivity index is 1.96. The van der Waals surface area contributed by atoms with Crippen LogP contribution in [0.2, 0.25) is 5.15 Å². The average molecular weight is 301 g/mol. The summed E-state index contributed by atoms with van der Waals surface area (Å²) in [7, 11) is 1.73. The number of pyridine rings is 1. The van der Waals surface area contributed by atoms with Gasteiger partial charge in [-0.25, -0.2) is 9.97 Å². The number of benzene rings is 1. The summed E-state index contributed by atoms with van der Waals surface area (Å²) in [6, 6.07) is 7.48. The van der Waals surface area contributed by atoms with Crippen molar-refractivity contribution in [2.75, 3.05) is 7.05 Å². The largest absolute Gasteiger partial charge is 0.347 e. The molecule has 1 aromatic carbocycles. The highest BCUT2D eigenvalue weighted by atomic mass is 35.5. The molecule has 1 N–H and O–H groups in total. The quantitative estimate of drug-likeness (QED) is 0.757. The third-order valence-corrected chi connectivity index (χ3v) is 3.57. The number of halogens is 1. The van der Waals surface area contributed by atoms with Gasteiger partial charge in [-0.05, 0) is 5.39 Å². The molecule has 106 valence electrons. The standard InChI is InChI=1S/C15H13ClN4O/c1-20(9-13-17-6-7-18-13)15(21)12-8-19-14(16)11-5-3-2-4-10(11)12/h2-8H,9H2,1H3,(H,17,18). The maximum absolute atomic E-state index is 12.6. The molecule has 0 saturated carbocycles.